The first-order valence-electron chi connectivity index (χ1n) is 5.66. The number of hydrogen-bond donors (Lipinski definition) is 2. The summed E-state index contributed by atoms with van der Waals surface area (Å²) in [4.78, 5) is 16.9. The van der Waals surface area contributed by atoms with Crippen LogP contribution < -0.4 is 10.6 Å². The Morgan fingerprint density at radius 3 is 2.89 bits per heavy atom. The quantitative estimate of drug-likeness (QED) is 0.892. The van der Waals surface area contributed by atoms with Crippen LogP contribution in [0.25, 0.3) is 0 Å². The van der Waals surface area contributed by atoms with E-state index in [4.69, 9.17) is 0 Å². The van der Waals surface area contributed by atoms with Crippen molar-refractivity contribution < 1.29 is 4.79 Å². The molecule has 0 bridgehead atoms. The van der Waals surface area contributed by atoms with Gasteiger partial charge in [0.25, 0.3) is 0 Å². The molecular formula is C13H15N3OS. The van der Waals surface area contributed by atoms with Crippen LogP contribution in [-0.4, -0.2) is 11.0 Å². The van der Waals surface area contributed by atoms with Crippen molar-refractivity contribution in [2.45, 2.75) is 20.4 Å². The van der Waals surface area contributed by atoms with Gasteiger partial charge in [-0.05, 0) is 31.5 Å². The Kier molecular flexibility index (Phi) is 3.94. The number of aromatic nitrogens is 1. The number of benzene rings is 1. The van der Waals surface area contributed by atoms with E-state index in [9.17, 15) is 4.79 Å². The fourth-order valence-electron chi connectivity index (χ4n) is 1.55. The highest BCUT2D eigenvalue weighted by Gasteiger charge is 2.03. The number of carbonyl (C=O) groups excluding carboxylic acids is 1. The second-order valence-electron chi connectivity index (χ2n) is 4.02. The minimum atomic E-state index is -0.202. The van der Waals surface area contributed by atoms with Crippen LogP contribution in [0.4, 0.5) is 10.5 Å². The summed E-state index contributed by atoms with van der Waals surface area (Å²) in [7, 11) is 0. The molecule has 0 radical (unpaired) electrons. The average Bonchev–Trinajstić information content (AvgIpc) is 2.73. The molecule has 0 saturated carbocycles. The predicted octanol–water partition coefficient (Wildman–Crippen LogP) is 3.08. The number of nitrogens with zero attached hydrogens (tertiary/aromatic N) is 1. The summed E-state index contributed by atoms with van der Waals surface area (Å²) in [6.45, 7) is 4.44. The van der Waals surface area contributed by atoms with Gasteiger partial charge in [-0.25, -0.2) is 9.78 Å². The fourth-order valence-corrected chi connectivity index (χ4v) is 2.29. The van der Waals surface area contributed by atoms with E-state index in [-0.39, 0.29) is 6.03 Å². The SMILES string of the molecule is Cc1cccc(NC(=O)NCc2cnc(C)s2)c1. The third-order valence-corrected chi connectivity index (χ3v) is 3.28. The first kappa shape index (κ1) is 12.6. The lowest BCUT2D eigenvalue weighted by Crippen LogP contribution is -2.27. The second-order valence-corrected chi connectivity index (χ2v) is 5.34. The largest absolute Gasteiger partial charge is 0.333 e. The number of thiazole rings is 1. The molecule has 4 nitrogen and oxygen atoms in total. The molecule has 0 fully saturated rings. The van der Waals surface area contributed by atoms with Crippen molar-refractivity contribution in [2.75, 3.05) is 5.32 Å². The number of aryl methyl sites for hydroxylation is 2. The zero-order valence-corrected chi connectivity index (χ0v) is 11.2. The highest BCUT2D eigenvalue weighted by atomic mass is 32.1. The van der Waals surface area contributed by atoms with E-state index in [1.165, 1.54) is 0 Å². The third kappa shape index (κ3) is 3.56. The summed E-state index contributed by atoms with van der Waals surface area (Å²) in [5.74, 6) is 0. The molecule has 0 saturated heterocycles. The van der Waals surface area contributed by atoms with Crippen LogP contribution >= 0.6 is 11.3 Å². The van der Waals surface area contributed by atoms with Crippen molar-refractivity contribution >= 4 is 23.1 Å². The van der Waals surface area contributed by atoms with Crippen molar-refractivity contribution in [1.29, 1.82) is 0 Å². The fraction of sp³-hybridized carbons (Fsp3) is 0.231. The predicted molar refractivity (Wildman–Crippen MR) is 73.9 cm³/mol. The topological polar surface area (TPSA) is 54.0 Å². The summed E-state index contributed by atoms with van der Waals surface area (Å²) >= 11 is 1.58. The van der Waals surface area contributed by atoms with E-state index >= 15 is 0 Å². The molecule has 0 aliphatic heterocycles. The molecule has 2 aromatic rings. The van der Waals surface area contributed by atoms with Gasteiger partial charge in [0.15, 0.2) is 0 Å². The Balaban J connectivity index is 1.85. The molecule has 1 aromatic carbocycles. The van der Waals surface area contributed by atoms with E-state index in [1.807, 2.05) is 38.1 Å². The van der Waals surface area contributed by atoms with Gasteiger partial charge in [0.1, 0.15) is 0 Å². The van der Waals surface area contributed by atoms with Crippen molar-refractivity contribution in [1.82, 2.24) is 10.3 Å². The van der Waals surface area contributed by atoms with Crippen LogP contribution in [0.15, 0.2) is 30.5 Å². The molecule has 0 unspecified atom stereocenters. The Labute approximate surface area is 110 Å². The molecular weight excluding hydrogens is 246 g/mol. The van der Waals surface area contributed by atoms with Crippen LogP contribution in [0, 0.1) is 13.8 Å². The maximum absolute atomic E-state index is 11.7. The molecule has 2 amide bonds. The Bertz CT molecular complexity index is 551. The molecule has 2 rings (SSSR count). The molecule has 0 spiro atoms. The second kappa shape index (κ2) is 5.64. The molecule has 94 valence electrons. The maximum atomic E-state index is 11.7. The molecule has 5 heteroatoms. The lowest BCUT2D eigenvalue weighted by molar-refractivity contribution is 0.252. The summed E-state index contributed by atoms with van der Waals surface area (Å²) in [5.41, 5.74) is 1.92. The van der Waals surface area contributed by atoms with Crippen molar-refractivity contribution in [3.63, 3.8) is 0 Å². The van der Waals surface area contributed by atoms with Crippen molar-refractivity contribution in [2.24, 2.45) is 0 Å². The Morgan fingerprint density at radius 1 is 1.39 bits per heavy atom. The van der Waals surface area contributed by atoms with Gasteiger partial charge in [0, 0.05) is 16.8 Å². The van der Waals surface area contributed by atoms with Gasteiger partial charge >= 0.3 is 6.03 Å². The monoisotopic (exact) mass is 261 g/mol. The van der Waals surface area contributed by atoms with E-state index in [1.54, 1.807) is 17.5 Å². The number of hydrogen-bond acceptors (Lipinski definition) is 3. The van der Waals surface area contributed by atoms with Crippen LogP contribution in [0.5, 0.6) is 0 Å². The number of amides is 2. The molecule has 0 aliphatic rings. The van der Waals surface area contributed by atoms with Gasteiger partial charge in [0.2, 0.25) is 0 Å². The maximum Gasteiger partial charge on any atom is 0.319 e. The van der Waals surface area contributed by atoms with E-state index in [2.05, 4.69) is 15.6 Å². The molecule has 1 aromatic heterocycles. The average molecular weight is 261 g/mol. The number of rotatable bonds is 3. The highest BCUT2D eigenvalue weighted by Crippen LogP contribution is 2.11. The van der Waals surface area contributed by atoms with Crippen LogP contribution in [0.3, 0.4) is 0 Å². The van der Waals surface area contributed by atoms with E-state index in [0.29, 0.717) is 6.54 Å². The Hall–Kier alpha value is -1.88. The summed E-state index contributed by atoms with van der Waals surface area (Å²) in [6.07, 6.45) is 1.78. The zero-order valence-electron chi connectivity index (χ0n) is 10.4. The summed E-state index contributed by atoms with van der Waals surface area (Å²) in [6, 6.07) is 7.49. The number of nitrogens with one attached hydrogen (secondary N) is 2. The smallest absolute Gasteiger partial charge is 0.319 e. The minimum absolute atomic E-state index is 0.202. The number of carbonyl (C=O) groups is 1. The lowest BCUT2D eigenvalue weighted by atomic mass is 10.2. The number of anilines is 1. The molecule has 1 heterocycles. The van der Waals surface area contributed by atoms with Crippen molar-refractivity contribution in [3.05, 3.63) is 45.9 Å². The van der Waals surface area contributed by atoms with Gasteiger partial charge in [-0.1, -0.05) is 12.1 Å². The first-order valence-corrected chi connectivity index (χ1v) is 6.48. The lowest BCUT2D eigenvalue weighted by Gasteiger charge is -2.06. The Morgan fingerprint density at radius 2 is 2.22 bits per heavy atom. The molecule has 0 atom stereocenters. The number of urea groups is 1. The van der Waals surface area contributed by atoms with Gasteiger partial charge < -0.3 is 10.6 Å². The van der Waals surface area contributed by atoms with Gasteiger partial charge in [-0.2, -0.15) is 0 Å². The van der Waals surface area contributed by atoms with E-state index in [0.717, 1.165) is 21.1 Å². The normalized spacial score (nSPS) is 10.1. The van der Waals surface area contributed by atoms with Crippen molar-refractivity contribution in [3.8, 4) is 0 Å². The minimum Gasteiger partial charge on any atom is -0.333 e. The van der Waals surface area contributed by atoms with Gasteiger partial charge in [-0.15, -0.1) is 11.3 Å². The molecule has 18 heavy (non-hydrogen) atoms. The van der Waals surface area contributed by atoms with Crippen LogP contribution in [-0.2, 0) is 6.54 Å². The van der Waals surface area contributed by atoms with Gasteiger partial charge in [-0.3, -0.25) is 0 Å². The highest BCUT2D eigenvalue weighted by molar-refractivity contribution is 7.11. The van der Waals surface area contributed by atoms with Crippen LogP contribution in [0.2, 0.25) is 0 Å². The van der Waals surface area contributed by atoms with Gasteiger partial charge in [0.05, 0.1) is 11.6 Å². The first-order chi connectivity index (χ1) is 8.63. The zero-order chi connectivity index (χ0) is 13.0. The van der Waals surface area contributed by atoms with Crippen LogP contribution in [0.1, 0.15) is 15.4 Å². The summed E-state index contributed by atoms with van der Waals surface area (Å²) < 4.78 is 0. The third-order valence-electron chi connectivity index (χ3n) is 2.37. The summed E-state index contributed by atoms with van der Waals surface area (Å²) in [5, 5.41) is 6.60. The van der Waals surface area contributed by atoms with E-state index < -0.39 is 0 Å². The standard InChI is InChI=1S/C13H15N3OS/c1-9-4-3-5-11(6-9)16-13(17)15-8-12-7-14-10(2)18-12/h3-7H,8H2,1-2H3,(H2,15,16,17). The molecule has 0 aliphatic carbocycles. The molecule has 2 N–H and O–H groups in total.